The third-order valence-electron chi connectivity index (χ3n) is 4.38. The van der Waals surface area contributed by atoms with E-state index in [0.717, 1.165) is 25.6 Å². The molecule has 0 aliphatic carbocycles. The Morgan fingerprint density at radius 3 is 2.08 bits per heavy atom. The van der Waals surface area contributed by atoms with Gasteiger partial charge in [0, 0.05) is 6.42 Å². The molecule has 0 heterocycles. The fourth-order valence-corrected chi connectivity index (χ4v) is 3.46. The lowest BCUT2D eigenvalue weighted by molar-refractivity contribution is -0.902. The minimum Gasteiger partial charge on any atom is -0.431 e. The molecule has 6 nitrogen and oxygen atoms in total. The molecule has 0 aliphatic heterocycles. The molecule has 0 spiro atoms. The summed E-state index contributed by atoms with van der Waals surface area (Å²) in [6.45, 7) is 7.05. The quantitative estimate of drug-likeness (QED) is 0.146. The highest BCUT2D eigenvalue weighted by Gasteiger charge is 2.26. The van der Waals surface area contributed by atoms with Gasteiger partial charge in [-0.05, 0) is 12.8 Å². The van der Waals surface area contributed by atoms with E-state index < -0.39 is 10.1 Å². The highest BCUT2D eigenvalue weighted by atomic mass is 32.2. The molecule has 25 heavy (non-hydrogen) atoms. The van der Waals surface area contributed by atoms with Crippen LogP contribution >= 0.6 is 0 Å². The molecule has 1 atom stereocenters. The highest BCUT2D eigenvalue weighted by Crippen LogP contribution is 2.13. The molecule has 0 saturated carbocycles. The first-order valence-electron chi connectivity index (χ1n) is 9.31. The molecule has 148 valence electrons. The van der Waals surface area contributed by atoms with Crippen LogP contribution in [0, 0.1) is 0 Å². The summed E-state index contributed by atoms with van der Waals surface area (Å²) in [6.07, 6.45) is 11.1. The summed E-state index contributed by atoms with van der Waals surface area (Å²) >= 11 is 0. The standard InChI is InChI=1S/C18H35NO5S/c1-4-6-7-8-9-10-11-12-14-19(3,17-18(20)24-5-2)15-13-16-25(21,22)23/h5H,2,4,6-17H2,1,3H3/p+1. The van der Waals surface area contributed by atoms with Crippen molar-refractivity contribution >= 4 is 16.1 Å². The Hall–Kier alpha value is -0.920. The molecule has 0 amide bonds. The van der Waals surface area contributed by atoms with Crippen molar-refractivity contribution in [3.8, 4) is 0 Å². The van der Waals surface area contributed by atoms with Gasteiger partial charge in [0.2, 0.25) is 0 Å². The maximum absolute atomic E-state index is 11.8. The van der Waals surface area contributed by atoms with Crippen LogP contribution in [0.5, 0.6) is 0 Å². The molecule has 0 aromatic carbocycles. The molecule has 0 rings (SSSR count). The smallest absolute Gasteiger partial charge is 0.366 e. The van der Waals surface area contributed by atoms with E-state index in [1.54, 1.807) is 0 Å². The molecule has 0 saturated heterocycles. The van der Waals surface area contributed by atoms with Gasteiger partial charge < -0.3 is 9.22 Å². The van der Waals surface area contributed by atoms with E-state index in [1.807, 2.05) is 7.05 Å². The van der Waals surface area contributed by atoms with Gasteiger partial charge in [0.1, 0.15) is 0 Å². The van der Waals surface area contributed by atoms with E-state index in [9.17, 15) is 13.2 Å². The summed E-state index contributed by atoms with van der Waals surface area (Å²) in [5.41, 5.74) is 0. The lowest BCUT2D eigenvalue weighted by Crippen LogP contribution is -2.49. The summed E-state index contributed by atoms with van der Waals surface area (Å²) in [7, 11) is -2.04. The molecule has 0 fully saturated rings. The van der Waals surface area contributed by atoms with Gasteiger partial charge in [0.05, 0.1) is 32.2 Å². The zero-order valence-corrected chi connectivity index (χ0v) is 16.7. The van der Waals surface area contributed by atoms with E-state index in [2.05, 4.69) is 13.5 Å². The molecule has 0 aliphatic rings. The Morgan fingerprint density at radius 1 is 1.04 bits per heavy atom. The van der Waals surface area contributed by atoms with Gasteiger partial charge in [-0.1, -0.05) is 52.0 Å². The Bertz CT molecular complexity index is 478. The van der Waals surface area contributed by atoms with Crippen LogP contribution in [0.4, 0.5) is 0 Å². The number of rotatable bonds is 16. The summed E-state index contributed by atoms with van der Waals surface area (Å²) in [6, 6.07) is 0. The number of esters is 1. The van der Waals surface area contributed by atoms with Crippen LogP contribution < -0.4 is 0 Å². The second-order valence-electron chi connectivity index (χ2n) is 7.00. The molecule has 1 unspecified atom stereocenters. The predicted molar refractivity (Wildman–Crippen MR) is 101 cm³/mol. The SMILES string of the molecule is C=COC(=O)C[N+](C)(CCCCCCCCCC)CCCS(=O)(=O)O. The number of carbonyl (C=O) groups excluding carboxylic acids is 1. The molecule has 7 heteroatoms. The van der Waals surface area contributed by atoms with Crippen LogP contribution in [0.15, 0.2) is 12.8 Å². The Kier molecular flexibility index (Phi) is 12.8. The van der Waals surface area contributed by atoms with Gasteiger partial charge in [-0.25, -0.2) is 4.79 Å². The van der Waals surface area contributed by atoms with Crippen molar-refractivity contribution < 1.29 is 27.0 Å². The first kappa shape index (κ1) is 24.1. The first-order chi connectivity index (χ1) is 11.7. The van der Waals surface area contributed by atoms with Gasteiger partial charge in [-0.15, -0.1) is 0 Å². The van der Waals surface area contributed by atoms with Crippen LogP contribution in [0.1, 0.15) is 64.7 Å². The molecular formula is C18H36NO5S+. The fraction of sp³-hybridized carbons (Fsp3) is 0.833. The molecular weight excluding hydrogens is 342 g/mol. The van der Waals surface area contributed by atoms with Crippen LogP contribution in [0.25, 0.3) is 0 Å². The van der Waals surface area contributed by atoms with Gasteiger partial charge in [0.15, 0.2) is 6.54 Å². The summed E-state index contributed by atoms with van der Waals surface area (Å²) < 4.78 is 35.9. The lowest BCUT2D eigenvalue weighted by Gasteiger charge is -2.33. The summed E-state index contributed by atoms with van der Waals surface area (Å²) in [5, 5.41) is 0. The van der Waals surface area contributed by atoms with Gasteiger partial charge >= 0.3 is 5.97 Å². The molecule has 1 N–H and O–H groups in total. The molecule has 0 aromatic heterocycles. The van der Waals surface area contributed by atoms with Crippen molar-refractivity contribution in [2.45, 2.75) is 64.7 Å². The van der Waals surface area contributed by atoms with E-state index in [-0.39, 0.29) is 18.3 Å². The van der Waals surface area contributed by atoms with Gasteiger partial charge in [-0.2, -0.15) is 8.42 Å². The van der Waals surface area contributed by atoms with Crippen LogP contribution in [0.2, 0.25) is 0 Å². The zero-order chi connectivity index (χ0) is 19.2. The fourth-order valence-electron chi connectivity index (χ4n) is 2.97. The minimum absolute atomic E-state index is 0.175. The third-order valence-corrected chi connectivity index (χ3v) is 5.18. The van der Waals surface area contributed by atoms with E-state index >= 15 is 0 Å². The average molecular weight is 379 g/mol. The normalized spacial score (nSPS) is 14.0. The van der Waals surface area contributed by atoms with Gasteiger partial charge in [-0.3, -0.25) is 4.55 Å². The molecule has 0 aromatic rings. The number of ether oxygens (including phenoxy) is 1. The zero-order valence-electron chi connectivity index (χ0n) is 15.9. The lowest BCUT2D eigenvalue weighted by atomic mass is 10.1. The predicted octanol–water partition coefficient (Wildman–Crippen LogP) is 3.54. The average Bonchev–Trinajstić information content (AvgIpc) is 2.48. The number of likely N-dealkylation sites (N-methyl/N-ethyl adjacent to an activating group) is 1. The van der Waals surface area contributed by atoms with Crippen LogP contribution in [0.3, 0.4) is 0 Å². The number of unbranched alkanes of at least 4 members (excludes halogenated alkanes) is 7. The third kappa shape index (κ3) is 15.1. The number of hydrogen-bond acceptors (Lipinski definition) is 4. The number of hydrogen-bond donors (Lipinski definition) is 1. The second-order valence-corrected chi connectivity index (χ2v) is 8.57. The topological polar surface area (TPSA) is 80.7 Å². The number of nitrogens with zero attached hydrogens (tertiary/aromatic N) is 1. The Labute approximate surface area is 153 Å². The monoisotopic (exact) mass is 378 g/mol. The van der Waals surface area contributed by atoms with E-state index in [1.165, 1.54) is 38.5 Å². The Morgan fingerprint density at radius 2 is 1.56 bits per heavy atom. The van der Waals surface area contributed by atoms with Crippen molar-refractivity contribution in [2.24, 2.45) is 0 Å². The van der Waals surface area contributed by atoms with Gasteiger partial charge in [0.25, 0.3) is 10.1 Å². The number of carbonyl (C=O) groups is 1. The highest BCUT2D eigenvalue weighted by molar-refractivity contribution is 7.85. The summed E-state index contributed by atoms with van der Waals surface area (Å²) in [4.78, 5) is 11.8. The van der Waals surface area contributed by atoms with Crippen molar-refractivity contribution in [3.05, 3.63) is 12.8 Å². The minimum atomic E-state index is -3.97. The number of quaternary nitrogens is 1. The molecule has 0 bridgehead atoms. The molecule has 0 radical (unpaired) electrons. The Balaban J connectivity index is 4.28. The largest absolute Gasteiger partial charge is 0.431 e. The van der Waals surface area contributed by atoms with Crippen LogP contribution in [-0.2, 0) is 19.6 Å². The van der Waals surface area contributed by atoms with Crippen molar-refractivity contribution in [1.82, 2.24) is 0 Å². The van der Waals surface area contributed by atoms with Crippen molar-refractivity contribution in [2.75, 3.05) is 32.4 Å². The van der Waals surface area contributed by atoms with Crippen molar-refractivity contribution in [3.63, 3.8) is 0 Å². The second kappa shape index (κ2) is 13.3. The maximum atomic E-state index is 11.8. The first-order valence-corrected chi connectivity index (χ1v) is 10.9. The van der Waals surface area contributed by atoms with Crippen LogP contribution in [-0.4, -0.2) is 55.9 Å². The summed E-state index contributed by atoms with van der Waals surface area (Å²) in [5.74, 6) is -0.654. The van der Waals surface area contributed by atoms with E-state index in [0.29, 0.717) is 17.4 Å². The maximum Gasteiger partial charge on any atom is 0.366 e. The van der Waals surface area contributed by atoms with E-state index in [4.69, 9.17) is 9.29 Å². The van der Waals surface area contributed by atoms with Crippen molar-refractivity contribution in [1.29, 1.82) is 0 Å².